The summed E-state index contributed by atoms with van der Waals surface area (Å²) < 4.78 is 20.0. The van der Waals surface area contributed by atoms with Crippen LogP contribution in [0, 0.1) is 0 Å². The van der Waals surface area contributed by atoms with E-state index < -0.39 is 41.6 Å². The molecule has 0 fully saturated rings. The molecule has 280 valence electrons. The van der Waals surface area contributed by atoms with Crippen LogP contribution in [0.25, 0.3) is 0 Å². The maximum Gasteiger partial charge on any atom is 0.408 e. The minimum Gasteiger partial charge on any atom is -0.459 e. The van der Waals surface area contributed by atoms with Crippen LogP contribution in [0.1, 0.15) is 55.1 Å². The van der Waals surface area contributed by atoms with Gasteiger partial charge in [0.15, 0.2) is 12.1 Å². The lowest BCUT2D eigenvalue weighted by Gasteiger charge is -2.20. The molecule has 0 saturated carbocycles. The number of hydrogen-bond acceptors (Lipinski definition) is 9. The van der Waals surface area contributed by atoms with Crippen molar-refractivity contribution in [3.05, 3.63) is 144 Å². The Morgan fingerprint density at radius 1 is 0.623 bits per heavy atom. The predicted octanol–water partition coefficient (Wildman–Crippen LogP) is 6.48. The van der Waals surface area contributed by atoms with Crippen LogP contribution in [-0.4, -0.2) is 53.5 Å². The van der Waals surface area contributed by atoms with Gasteiger partial charge < -0.3 is 30.2 Å². The van der Waals surface area contributed by atoms with Crippen molar-refractivity contribution in [2.45, 2.75) is 51.7 Å². The highest BCUT2D eigenvalue weighted by molar-refractivity contribution is 14.2. The number of esters is 2. The molecule has 3 amide bonds. The molecule has 4 rings (SSSR count). The Labute approximate surface area is 320 Å². The number of ether oxygens (including phenoxy) is 3. The van der Waals surface area contributed by atoms with Crippen LogP contribution in [-0.2, 0) is 46.6 Å². The number of benzene rings is 4. The number of amides is 3. The summed E-state index contributed by atoms with van der Waals surface area (Å²) >= 11 is -0.313. The Hall–Kier alpha value is -5.44. The van der Waals surface area contributed by atoms with Crippen molar-refractivity contribution < 1.29 is 38.2 Å². The highest BCUT2D eigenvalue weighted by atomic mass is 127. The summed E-state index contributed by atoms with van der Waals surface area (Å²) in [7, 11) is 0. The standard InChI is InChI=1S/C22H26N2O5.C18H19IN2O3/c1-22(2,3)29-21(27)23-14-18(25)24-19(17-12-8-5-9-13-17)20(26)28-15-16-10-6-4-7-11-16;1-19-20-12-16(22)21-17(15-10-6-3-7-11-15)18(23)24-13-14-8-4-2-5-9-14/h4-13,19H,14-15H2,1-3H3,(H,23,27)(H,24,25);2-11,17H,12-13H2,1H3,(H,21,22)/t19-;17-/m00/s1. The number of alkyl carbamates (subject to hydrolysis) is 1. The van der Waals surface area contributed by atoms with Crippen molar-refractivity contribution in [3.63, 3.8) is 0 Å². The van der Waals surface area contributed by atoms with Gasteiger partial charge in [0.05, 0.1) is 0 Å². The van der Waals surface area contributed by atoms with Gasteiger partial charge in [-0.05, 0) is 69.0 Å². The van der Waals surface area contributed by atoms with Crippen LogP contribution in [0.4, 0.5) is 4.79 Å². The van der Waals surface area contributed by atoms with Crippen molar-refractivity contribution in [3.8, 4) is 0 Å². The van der Waals surface area contributed by atoms with Gasteiger partial charge >= 0.3 is 18.0 Å². The molecule has 0 unspecified atom stereocenters. The second-order valence-electron chi connectivity index (χ2n) is 12.3. The average Bonchev–Trinajstić information content (AvgIpc) is 3.16. The number of halogens is 1. The SMILES string of the molecule is CC(C)(C)OC(=O)NCC(=O)N[C@H](C(=O)OCc1ccccc1)c1ccccc1.CI=NCC(=O)N[C@H](C(=O)OCc1ccccc1)c1ccccc1. The minimum atomic E-state index is -0.993. The summed E-state index contributed by atoms with van der Waals surface area (Å²) in [5.74, 6) is -1.89. The van der Waals surface area contributed by atoms with Crippen LogP contribution in [0.3, 0.4) is 0 Å². The second kappa shape index (κ2) is 22.5. The summed E-state index contributed by atoms with van der Waals surface area (Å²) in [6, 6.07) is 34.7. The topological polar surface area (TPSA) is 161 Å². The predicted molar refractivity (Wildman–Crippen MR) is 209 cm³/mol. The van der Waals surface area contributed by atoms with Crippen LogP contribution >= 0.6 is 21.0 Å². The fourth-order valence-corrected chi connectivity index (χ4v) is 5.12. The molecular weight excluding hydrogens is 791 g/mol. The number of nitrogens with one attached hydrogen (secondary N) is 3. The van der Waals surface area contributed by atoms with Gasteiger partial charge in [-0.3, -0.25) is 12.7 Å². The van der Waals surface area contributed by atoms with E-state index in [2.05, 4.69) is 19.1 Å². The summed E-state index contributed by atoms with van der Waals surface area (Å²) in [6.45, 7) is 5.19. The van der Waals surface area contributed by atoms with Crippen molar-refractivity contribution in [2.75, 3.05) is 18.0 Å². The van der Waals surface area contributed by atoms with E-state index in [1.807, 2.05) is 89.9 Å². The third-order valence-corrected chi connectivity index (χ3v) is 7.93. The van der Waals surface area contributed by atoms with Crippen LogP contribution < -0.4 is 16.0 Å². The van der Waals surface area contributed by atoms with Crippen molar-refractivity contribution in [1.82, 2.24) is 16.0 Å². The van der Waals surface area contributed by atoms with Gasteiger partial charge in [0.25, 0.3) is 0 Å². The first-order valence-corrected chi connectivity index (χ1v) is 19.8. The molecule has 0 heterocycles. The van der Waals surface area contributed by atoms with Gasteiger partial charge in [0.1, 0.15) is 31.9 Å². The zero-order chi connectivity index (χ0) is 38.5. The lowest BCUT2D eigenvalue weighted by molar-refractivity contribution is -0.149. The second-order valence-corrected chi connectivity index (χ2v) is 14.0. The number of rotatable bonds is 14. The van der Waals surface area contributed by atoms with Crippen LogP contribution in [0.15, 0.2) is 124 Å². The number of carbonyl (C=O) groups is 5. The first-order chi connectivity index (χ1) is 25.4. The van der Waals surface area contributed by atoms with Gasteiger partial charge in [-0.25, -0.2) is 14.4 Å². The van der Waals surface area contributed by atoms with Crippen LogP contribution in [0.2, 0.25) is 0 Å². The Balaban J connectivity index is 0.000000290. The van der Waals surface area contributed by atoms with Crippen molar-refractivity contribution in [1.29, 1.82) is 0 Å². The molecule has 12 nitrogen and oxygen atoms in total. The summed E-state index contributed by atoms with van der Waals surface area (Å²) in [4.78, 5) is 63.0. The third-order valence-electron chi connectivity index (χ3n) is 6.91. The zero-order valence-corrected chi connectivity index (χ0v) is 32.3. The Morgan fingerprint density at radius 2 is 1.02 bits per heavy atom. The summed E-state index contributed by atoms with van der Waals surface area (Å²) in [6.07, 6.45) is -0.712. The molecule has 53 heavy (non-hydrogen) atoms. The van der Waals surface area contributed by atoms with Gasteiger partial charge in [-0.2, -0.15) is 0 Å². The van der Waals surface area contributed by atoms with E-state index in [4.69, 9.17) is 14.2 Å². The molecule has 0 aliphatic heterocycles. The zero-order valence-electron chi connectivity index (χ0n) is 30.1. The maximum atomic E-state index is 12.6. The molecule has 3 N–H and O–H groups in total. The van der Waals surface area contributed by atoms with E-state index in [0.717, 1.165) is 11.1 Å². The summed E-state index contributed by atoms with van der Waals surface area (Å²) in [5, 5.41) is 7.69. The maximum absolute atomic E-state index is 12.6. The van der Waals surface area contributed by atoms with E-state index in [-0.39, 0.29) is 53.2 Å². The highest BCUT2D eigenvalue weighted by Crippen LogP contribution is 2.17. The fraction of sp³-hybridized carbons (Fsp3) is 0.275. The Kier molecular flexibility index (Phi) is 17.8. The average molecular weight is 837 g/mol. The monoisotopic (exact) mass is 836 g/mol. The number of nitrogens with zero attached hydrogens (tertiary/aromatic N) is 1. The molecule has 0 aromatic heterocycles. The van der Waals surface area contributed by atoms with E-state index in [0.29, 0.717) is 11.1 Å². The number of alkyl halides is 1. The molecule has 13 heteroatoms. The quantitative estimate of drug-likeness (QED) is 0.0563. The Morgan fingerprint density at radius 3 is 1.42 bits per heavy atom. The largest absolute Gasteiger partial charge is 0.459 e. The lowest BCUT2D eigenvalue weighted by Crippen LogP contribution is -2.42. The van der Waals surface area contributed by atoms with Gasteiger partial charge in [-0.15, -0.1) is 0 Å². The van der Waals surface area contributed by atoms with Crippen molar-refractivity contribution >= 4 is 50.9 Å². The highest BCUT2D eigenvalue weighted by Gasteiger charge is 2.26. The van der Waals surface area contributed by atoms with Crippen molar-refractivity contribution in [2.24, 2.45) is 3.15 Å². The molecule has 4 aromatic carbocycles. The fourth-order valence-electron chi connectivity index (χ4n) is 4.47. The van der Waals surface area contributed by atoms with Crippen LogP contribution in [0.5, 0.6) is 0 Å². The van der Waals surface area contributed by atoms with E-state index in [9.17, 15) is 24.0 Å². The molecule has 0 aliphatic rings. The molecule has 0 aliphatic carbocycles. The third kappa shape index (κ3) is 16.6. The molecule has 0 radical (unpaired) electrons. The molecule has 0 bridgehead atoms. The minimum absolute atomic E-state index is 0.0824. The smallest absolute Gasteiger partial charge is 0.408 e. The van der Waals surface area contributed by atoms with Gasteiger partial charge in [0.2, 0.25) is 11.8 Å². The first kappa shape index (κ1) is 42.0. The number of carbonyl (C=O) groups excluding carboxylic acids is 5. The first-order valence-electron chi connectivity index (χ1n) is 16.7. The molecule has 0 saturated heterocycles. The number of hydrogen-bond donors (Lipinski definition) is 3. The normalized spacial score (nSPS) is 12.0. The molecule has 4 aromatic rings. The molecule has 2 atom stereocenters. The Bertz CT molecular complexity index is 1770. The molecule has 0 spiro atoms. The summed E-state index contributed by atoms with van der Waals surface area (Å²) in [5.41, 5.74) is 2.33. The van der Waals surface area contributed by atoms with Gasteiger partial charge in [-0.1, -0.05) is 121 Å². The van der Waals surface area contributed by atoms with E-state index in [1.165, 1.54) is 0 Å². The molecular formula is C40H45IN4O8. The van der Waals surface area contributed by atoms with Gasteiger partial charge in [0, 0.05) is 0 Å². The van der Waals surface area contributed by atoms with E-state index >= 15 is 0 Å². The van der Waals surface area contributed by atoms with E-state index in [1.54, 1.807) is 57.2 Å². The lowest BCUT2D eigenvalue weighted by atomic mass is 10.1.